The summed E-state index contributed by atoms with van der Waals surface area (Å²) in [6, 6.07) is 13.6. The summed E-state index contributed by atoms with van der Waals surface area (Å²) in [5.41, 5.74) is 1.84. The molecule has 0 saturated carbocycles. The first-order valence-electron chi connectivity index (χ1n) is 12.2. The van der Waals surface area contributed by atoms with Gasteiger partial charge in [-0.25, -0.2) is 27.6 Å². The van der Waals surface area contributed by atoms with Gasteiger partial charge in [0.05, 0.1) is 29.4 Å². The maximum Gasteiger partial charge on any atom is 0.334 e. The smallest absolute Gasteiger partial charge is 0.334 e. The van der Waals surface area contributed by atoms with Crippen LogP contribution in [0.5, 0.6) is 5.75 Å². The fourth-order valence-corrected chi connectivity index (χ4v) is 5.67. The first-order chi connectivity index (χ1) is 17.8. The van der Waals surface area contributed by atoms with E-state index >= 15 is 0 Å². The first kappa shape index (κ1) is 26.5. The standard InChI is InChI=1S/C26H31N5O5S/c1-4-9-22-25-28-24(29-26(33)31(25)18(3)27-22)21-16-20(12-13-23(21)36-5-2)37(34,35)30(14-15-32)17-19-10-7-6-8-11-19/h6-8,10-13,16,32H,4-5,9,14-15,17H2,1-3H3,(H,28,29,33). The predicted octanol–water partition coefficient (Wildman–Crippen LogP) is 2.93. The summed E-state index contributed by atoms with van der Waals surface area (Å²) < 4.78 is 35.7. The van der Waals surface area contributed by atoms with E-state index in [1.54, 1.807) is 13.0 Å². The molecule has 2 N–H and O–H groups in total. The predicted molar refractivity (Wildman–Crippen MR) is 140 cm³/mol. The maximum atomic E-state index is 13.7. The van der Waals surface area contributed by atoms with Gasteiger partial charge in [0.15, 0.2) is 5.65 Å². The second kappa shape index (κ2) is 11.2. The lowest BCUT2D eigenvalue weighted by Gasteiger charge is -2.22. The zero-order valence-electron chi connectivity index (χ0n) is 21.1. The normalized spacial score (nSPS) is 11.9. The van der Waals surface area contributed by atoms with E-state index in [1.807, 2.05) is 44.2 Å². The molecule has 0 atom stereocenters. The Morgan fingerprint density at radius 2 is 1.86 bits per heavy atom. The number of aliphatic hydroxyl groups excluding tert-OH is 1. The van der Waals surface area contributed by atoms with Gasteiger partial charge in [0.1, 0.15) is 17.4 Å². The molecule has 37 heavy (non-hydrogen) atoms. The van der Waals surface area contributed by atoms with Crippen LogP contribution in [0.25, 0.3) is 17.0 Å². The summed E-state index contributed by atoms with van der Waals surface area (Å²) in [4.78, 5) is 24.9. The number of sulfonamides is 1. The van der Waals surface area contributed by atoms with E-state index in [2.05, 4.69) is 15.0 Å². The molecular weight excluding hydrogens is 494 g/mol. The van der Waals surface area contributed by atoms with Crippen molar-refractivity contribution in [1.29, 1.82) is 0 Å². The Labute approximate surface area is 215 Å². The third-order valence-electron chi connectivity index (χ3n) is 5.92. The number of imidazole rings is 1. The lowest BCUT2D eigenvalue weighted by atomic mass is 10.2. The highest BCUT2D eigenvalue weighted by molar-refractivity contribution is 7.89. The van der Waals surface area contributed by atoms with Crippen LogP contribution in [0.4, 0.5) is 0 Å². The second-order valence-electron chi connectivity index (χ2n) is 8.54. The van der Waals surface area contributed by atoms with E-state index in [1.165, 1.54) is 20.8 Å². The topological polar surface area (TPSA) is 130 Å². The molecule has 0 amide bonds. The highest BCUT2D eigenvalue weighted by Crippen LogP contribution is 2.32. The molecule has 4 aromatic rings. The van der Waals surface area contributed by atoms with Crippen LogP contribution in [0.1, 0.15) is 37.4 Å². The molecule has 10 nitrogen and oxygen atoms in total. The molecule has 0 unspecified atom stereocenters. The van der Waals surface area contributed by atoms with Crippen molar-refractivity contribution < 1.29 is 18.3 Å². The maximum absolute atomic E-state index is 13.7. The van der Waals surface area contributed by atoms with Crippen LogP contribution >= 0.6 is 0 Å². The summed E-state index contributed by atoms with van der Waals surface area (Å²) in [6.45, 7) is 5.61. The van der Waals surface area contributed by atoms with Crippen LogP contribution in [0.2, 0.25) is 0 Å². The van der Waals surface area contributed by atoms with Crippen LogP contribution in [-0.4, -0.2) is 56.9 Å². The number of fused-ring (bicyclic) bond motifs is 1. The molecule has 2 aromatic heterocycles. The minimum Gasteiger partial charge on any atom is -0.493 e. The Kier molecular flexibility index (Phi) is 8.06. The van der Waals surface area contributed by atoms with Gasteiger partial charge < -0.3 is 9.84 Å². The molecule has 0 aliphatic carbocycles. The van der Waals surface area contributed by atoms with Gasteiger partial charge in [0.25, 0.3) is 0 Å². The lowest BCUT2D eigenvalue weighted by molar-refractivity contribution is 0.251. The number of aliphatic hydroxyl groups is 1. The number of aromatic amines is 1. The third-order valence-corrected chi connectivity index (χ3v) is 7.76. The van der Waals surface area contributed by atoms with E-state index in [-0.39, 0.29) is 30.4 Å². The fourth-order valence-electron chi connectivity index (χ4n) is 4.23. The molecule has 0 spiro atoms. The number of nitrogens with one attached hydrogen (secondary N) is 1. The molecule has 0 saturated heterocycles. The van der Waals surface area contributed by atoms with E-state index in [4.69, 9.17) is 4.74 Å². The highest BCUT2D eigenvalue weighted by atomic mass is 32.2. The van der Waals surface area contributed by atoms with E-state index < -0.39 is 15.7 Å². The van der Waals surface area contributed by atoms with Gasteiger partial charge in [0, 0.05) is 13.1 Å². The second-order valence-corrected chi connectivity index (χ2v) is 10.5. The zero-order valence-corrected chi connectivity index (χ0v) is 22.0. The van der Waals surface area contributed by atoms with Crippen LogP contribution in [0.15, 0.2) is 58.2 Å². The number of aryl methyl sites for hydroxylation is 2. The van der Waals surface area contributed by atoms with Crippen LogP contribution in [-0.2, 0) is 23.0 Å². The van der Waals surface area contributed by atoms with Crippen molar-refractivity contribution in [2.45, 2.75) is 45.1 Å². The van der Waals surface area contributed by atoms with Crippen molar-refractivity contribution in [2.75, 3.05) is 19.8 Å². The Balaban J connectivity index is 1.85. The summed E-state index contributed by atoms with van der Waals surface area (Å²) in [6.07, 6.45) is 1.48. The largest absolute Gasteiger partial charge is 0.493 e. The fraction of sp³-hybridized carbons (Fsp3) is 0.346. The van der Waals surface area contributed by atoms with Crippen LogP contribution < -0.4 is 10.4 Å². The minimum atomic E-state index is -4.01. The number of H-pyrrole nitrogens is 1. The van der Waals surface area contributed by atoms with Gasteiger partial charge in [-0.2, -0.15) is 4.31 Å². The Hall–Kier alpha value is -3.54. The minimum absolute atomic E-state index is 0.00340. The molecular formula is C26H31N5O5S. The number of hydrogen-bond acceptors (Lipinski definition) is 7. The van der Waals surface area contributed by atoms with Crippen molar-refractivity contribution in [3.63, 3.8) is 0 Å². The van der Waals surface area contributed by atoms with Crippen molar-refractivity contribution in [2.24, 2.45) is 0 Å². The van der Waals surface area contributed by atoms with E-state index in [0.29, 0.717) is 41.5 Å². The molecule has 2 aromatic carbocycles. The molecule has 4 rings (SSSR count). The quantitative estimate of drug-likeness (QED) is 0.308. The van der Waals surface area contributed by atoms with Crippen molar-refractivity contribution in [3.8, 4) is 17.1 Å². The molecule has 0 aliphatic rings. The number of ether oxygens (including phenoxy) is 1. The number of nitrogens with zero attached hydrogens (tertiary/aromatic N) is 4. The summed E-state index contributed by atoms with van der Waals surface area (Å²) in [5.74, 6) is 1.10. The Morgan fingerprint density at radius 1 is 1.11 bits per heavy atom. The molecule has 0 fully saturated rings. The van der Waals surface area contributed by atoms with E-state index in [9.17, 15) is 18.3 Å². The first-order valence-corrected chi connectivity index (χ1v) is 13.6. The van der Waals surface area contributed by atoms with Gasteiger partial charge in [-0.15, -0.1) is 0 Å². The van der Waals surface area contributed by atoms with Crippen molar-refractivity contribution >= 4 is 15.7 Å². The monoisotopic (exact) mass is 525 g/mol. The average molecular weight is 526 g/mol. The van der Waals surface area contributed by atoms with Gasteiger partial charge in [0.2, 0.25) is 10.0 Å². The third kappa shape index (κ3) is 5.43. The number of rotatable bonds is 11. The molecule has 0 aliphatic heterocycles. The molecule has 0 bridgehead atoms. The van der Waals surface area contributed by atoms with Crippen molar-refractivity contribution in [3.05, 3.63) is 76.1 Å². The number of aromatic nitrogens is 4. The molecule has 11 heteroatoms. The number of hydrogen-bond donors (Lipinski definition) is 2. The molecule has 2 heterocycles. The van der Waals surface area contributed by atoms with E-state index in [0.717, 1.165) is 12.0 Å². The summed E-state index contributed by atoms with van der Waals surface area (Å²) in [5, 5.41) is 9.59. The summed E-state index contributed by atoms with van der Waals surface area (Å²) >= 11 is 0. The van der Waals surface area contributed by atoms with Gasteiger partial charge in [-0.1, -0.05) is 43.7 Å². The SMILES string of the molecule is CCCc1nc(C)n2c(=O)[nH]c(-c3cc(S(=O)(=O)N(CCO)Cc4ccccc4)ccc3OCC)nc12. The van der Waals surface area contributed by atoms with Crippen LogP contribution in [0.3, 0.4) is 0 Å². The highest BCUT2D eigenvalue weighted by Gasteiger charge is 2.26. The Morgan fingerprint density at radius 3 is 2.54 bits per heavy atom. The average Bonchev–Trinajstić information content (AvgIpc) is 3.20. The van der Waals surface area contributed by atoms with Crippen molar-refractivity contribution in [1.82, 2.24) is 23.7 Å². The molecule has 0 radical (unpaired) electrons. The van der Waals surface area contributed by atoms with Gasteiger partial charge in [-0.05, 0) is 44.0 Å². The van der Waals surface area contributed by atoms with Crippen LogP contribution in [0, 0.1) is 6.92 Å². The summed E-state index contributed by atoms with van der Waals surface area (Å²) in [7, 11) is -4.01. The van der Waals surface area contributed by atoms with Gasteiger partial charge in [-0.3, -0.25) is 4.98 Å². The zero-order chi connectivity index (χ0) is 26.6. The Bertz CT molecular complexity index is 1550. The van der Waals surface area contributed by atoms with Gasteiger partial charge >= 0.3 is 5.69 Å². The lowest BCUT2D eigenvalue weighted by Crippen LogP contribution is -2.33. The number of benzene rings is 2. The molecule has 196 valence electrons.